The summed E-state index contributed by atoms with van der Waals surface area (Å²) in [5.41, 5.74) is 0.469. The van der Waals surface area contributed by atoms with Crippen molar-refractivity contribution >= 4 is 15.9 Å². The molecule has 15 heavy (non-hydrogen) atoms. The van der Waals surface area contributed by atoms with Crippen molar-refractivity contribution in [3.05, 3.63) is 0 Å². The van der Waals surface area contributed by atoms with E-state index in [-0.39, 0.29) is 0 Å². The molecule has 0 bridgehead atoms. The average Bonchev–Trinajstić information content (AvgIpc) is 3.03. The zero-order valence-electron chi connectivity index (χ0n) is 9.47. The Kier molecular flexibility index (Phi) is 6.81. The summed E-state index contributed by atoms with van der Waals surface area (Å²) in [4.78, 5) is 0. The highest BCUT2D eigenvalue weighted by Crippen LogP contribution is 2.47. The normalized spacial score (nSPS) is 18.0. The average molecular weight is 281 g/mol. The number of hydrogen-bond donors (Lipinski definition) is 0. The first kappa shape index (κ1) is 13.4. The van der Waals surface area contributed by atoms with Crippen LogP contribution in [-0.2, 0) is 14.2 Å². The van der Waals surface area contributed by atoms with Crippen LogP contribution in [-0.4, -0.2) is 45.5 Å². The largest absolute Gasteiger partial charge is 0.382 e. The van der Waals surface area contributed by atoms with Gasteiger partial charge in [0.2, 0.25) is 0 Å². The molecule has 0 radical (unpaired) electrons. The van der Waals surface area contributed by atoms with Gasteiger partial charge in [-0.1, -0.05) is 15.9 Å². The van der Waals surface area contributed by atoms with Crippen molar-refractivity contribution in [2.75, 3.05) is 45.5 Å². The molecule has 0 unspecified atom stereocenters. The van der Waals surface area contributed by atoms with Crippen LogP contribution in [0.3, 0.4) is 0 Å². The van der Waals surface area contributed by atoms with Gasteiger partial charge in [0, 0.05) is 31.1 Å². The van der Waals surface area contributed by atoms with E-state index in [0.717, 1.165) is 31.6 Å². The van der Waals surface area contributed by atoms with Gasteiger partial charge in [-0.2, -0.15) is 0 Å². The lowest BCUT2D eigenvalue weighted by atomic mass is 10.2. The van der Waals surface area contributed by atoms with Crippen LogP contribution < -0.4 is 0 Å². The van der Waals surface area contributed by atoms with E-state index in [4.69, 9.17) is 14.2 Å². The Morgan fingerprint density at radius 3 is 2.40 bits per heavy atom. The van der Waals surface area contributed by atoms with E-state index < -0.39 is 0 Å². The van der Waals surface area contributed by atoms with E-state index in [9.17, 15) is 0 Å². The van der Waals surface area contributed by atoms with Crippen LogP contribution in [0.2, 0.25) is 0 Å². The topological polar surface area (TPSA) is 27.7 Å². The van der Waals surface area contributed by atoms with Crippen LogP contribution in [0.5, 0.6) is 0 Å². The summed E-state index contributed by atoms with van der Waals surface area (Å²) in [6.07, 6.45) is 3.59. The SMILES string of the molecule is COCCOCCCOCC1(CBr)CC1. The number of halogens is 1. The first-order valence-corrected chi connectivity index (χ1v) is 6.65. The maximum Gasteiger partial charge on any atom is 0.0700 e. The van der Waals surface area contributed by atoms with Crippen molar-refractivity contribution in [2.24, 2.45) is 5.41 Å². The number of hydrogen-bond acceptors (Lipinski definition) is 3. The third kappa shape index (κ3) is 5.85. The van der Waals surface area contributed by atoms with Gasteiger partial charge in [0.25, 0.3) is 0 Å². The third-order valence-electron chi connectivity index (χ3n) is 2.66. The Morgan fingerprint density at radius 1 is 1.07 bits per heavy atom. The fourth-order valence-corrected chi connectivity index (χ4v) is 2.01. The van der Waals surface area contributed by atoms with E-state index in [0.29, 0.717) is 18.6 Å². The van der Waals surface area contributed by atoms with Crippen molar-refractivity contribution in [1.29, 1.82) is 0 Å². The number of methoxy groups -OCH3 is 1. The lowest BCUT2D eigenvalue weighted by Gasteiger charge is -2.11. The Balaban J connectivity index is 1.77. The summed E-state index contributed by atoms with van der Waals surface area (Å²) in [6, 6.07) is 0. The van der Waals surface area contributed by atoms with E-state index in [1.165, 1.54) is 12.8 Å². The molecule has 0 amide bonds. The molecule has 0 aliphatic heterocycles. The van der Waals surface area contributed by atoms with Gasteiger partial charge in [-0.3, -0.25) is 0 Å². The molecule has 1 aliphatic rings. The summed E-state index contributed by atoms with van der Waals surface area (Å²) in [6.45, 7) is 3.83. The maximum atomic E-state index is 5.62. The summed E-state index contributed by atoms with van der Waals surface area (Å²) in [5.74, 6) is 0. The highest BCUT2D eigenvalue weighted by molar-refractivity contribution is 9.09. The van der Waals surface area contributed by atoms with E-state index in [2.05, 4.69) is 15.9 Å². The Labute approximate surface area is 101 Å². The molecular formula is C11H21BrO3. The summed E-state index contributed by atoms with van der Waals surface area (Å²) >= 11 is 3.53. The van der Waals surface area contributed by atoms with E-state index in [1.807, 2.05) is 0 Å². The molecular weight excluding hydrogens is 260 g/mol. The second kappa shape index (κ2) is 7.60. The monoisotopic (exact) mass is 280 g/mol. The molecule has 1 saturated carbocycles. The first-order chi connectivity index (χ1) is 7.33. The van der Waals surface area contributed by atoms with Crippen molar-refractivity contribution in [1.82, 2.24) is 0 Å². The molecule has 0 aromatic rings. The zero-order chi connectivity index (χ0) is 11.0. The fourth-order valence-electron chi connectivity index (χ4n) is 1.29. The van der Waals surface area contributed by atoms with Gasteiger partial charge in [0.05, 0.1) is 19.8 Å². The maximum absolute atomic E-state index is 5.62. The highest BCUT2D eigenvalue weighted by Gasteiger charge is 2.41. The summed E-state index contributed by atoms with van der Waals surface area (Å²) in [7, 11) is 1.68. The highest BCUT2D eigenvalue weighted by atomic mass is 79.9. The standard InChI is InChI=1S/C11H21BrO3/c1-13-7-8-14-5-2-6-15-10-11(9-12)3-4-11/h2-10H2,1H3. The van der Waals surface area contributed by atoms with Crippen LogP contribution in [0, 0.1) is 5.41 Å². The van der Waals surface area contributed by atoms with Crippen LogP contribution in [0.25, 0.3) is 0 Å². The quantitative estimate of drug-likeness (QED) is 0.454. The molecule has 0 N–H and O–H groups in total. The molecule has 0 aromatic heterocycles. The lowest BCUT2D eigenvalue weighted by molar-refractivity contribution is 0.0439. The number of rotatable bonds is 10. The molecule has 0 aromatic carbocycles. The molecule has 0 spiro atoms. The Hall–Kier alpha value is 0.360. The Morgan fingerprint density at radius 2 is 1.80 bits per heavy atom. The summed E-state index contributed by atoms with van der Waals surface area (Å²) < 4.78 is 15.8. The van der Waals surface area contributed by atoms with Crippen LogP contribution in [0.15, 0.2) is 0 Å². The minimum Gasteiger partial charge on any atom is -0.382 e. The van der Waals surface area contributed by atoms with Crippen molar-refractivity contribution < 1.29 is 14.2 Å². The zero-order valence-corrected chi connectivity index (χ0v) is 11.1. The minimum absolute atomic E-state index is 0.469. The predicted molar refractivity (Wildman–Crippen MR) is 63.6 cm³/mol. The van der Waals surface area contributed by atoms with Crippen molar-refractivity contribution in [2.45, 2.75) is 19.3 Å². The molecule has 90 valence electrons. The summed E-state index contributed by atoms with van der Waals surface area (Å²) in [5, 5.41) is 1.07. The van der Waals surface area contributed by atoms with Crippen LogP contribution in [0.1, 0.15) is 19.3 Å². The van der Waals surface area contributed by atoms with Gasteiger partial charge < -0.3 is 14.2 Å². The molecule has 3 nitrogen and oxygen atoms in total. The van der Waals surface area contributed by atoms with Gasteiger partial charge >= 0.3 is 0 Å². The number of alkyl halides is 1. The fraction of sp³-hybridized carbons (Fsp3) is 1.00. The molecule has 1 aliphatic carbocycles. The molecule has 0 saturated heterocycles. The second-order valence-electron chi connectivity index (χ2n) is 4.14. The minimum atomic E-state index is 0.469. The van der Waals surface area contributed by atoms with Gasteiger partial charge in [0.15, 0.2) is 0 Å². The Bertz CT molecular complexity index is 160. The van der Waals surface area contributed by atoms with Crippen LogP contribution in [0.4, 0.5) is 0 Å². The number of ether oxygens (including phenoxy) is 3. The third-order valence-corrected chi connectivity index (χ3v) is 3.85. The molecule has 4 heteroatoms. The predicted octanol–water partition coefficient (Wildman–Crippen LogP) is 2.23. The van der Waals surface area contributed by atoms with E-state index in [1.54, 1.807) is 7.11 Å². The second-order valence-corrected chi connectivity index (χ2v) is 4.71. The van der Waals surface area contributed by atoms with Gasteiger partial charge in [-0.15, -0.1) is 0 Å². The lowest BCUT2D eigenvalue weighted by Crippen LogP contribution is -2.13. The van der Waals surface area contributed by atoms with Gasteiger partial charge in [-0.25, -0.2) is 0 Å². The smallest absolute Gasteiger partial charge is 0.0700 e. The van der Waals surface area contributed by atoms with Gasteiger partial charge in [0.1, 0.15) is 0 Å². The van der Waals surface area contributed by atoms with Crippen molar-refractivity contribution in [3.63, 3.8) is 0 Å². The van der Waals surface area contributed by atoms with Crippen molar-refractivity contribution in [3.8, 4) is 0 Å². The van der Waals surface area contributed by atoms with Gasteiger partial charge in [-0.05, 0) is 19.3 Å². The molecule has 1 fully saturated rings. The molecule has 1 rings (SSSR count). The first-order valence-electron chi connectivity index (χ1n) is 5.53. The van der Waals surface area contributed by atoms with E-state index >= 15 is 0 Å². The molecule has 0 atom stereocenters. The van der Waals surface area contributed by atoms with Crippen LogP contribution >= 0.6 is 15.9 Å². The molecule has 0 heterocycles.